The van der Waals surface area contributed by atoms with Crippen LogP contribution >= 0.6 is 0 Å². The van der Waals surface area contributed by atoms with Crippen molar-refractivity contribution in [3.05, 3.63) is 30.1 Å². The van der Waals surface area contributed by atoms with E-state index in [2.05, 4.69) is 27.7 Å². The monoisotopic (exact) mass is 288 g/mol. The standard InChI is InChI=1S/C16H24N4O/c1-2-8-17-12-14-16(19-10-6-13(21)7-11-19)18-15-5-3-4-9-20(14)15/h3-5,9,13,17,21H,2,6-8,10-12H2,1H3. The second-order valence-corrected chi connectivity index (χ2v) is 5.71. The zero-order valence-corrected chi connectivity index (χ0v) is 12.6. The molecule has 0 saturated carbocycles. The molecule has 0 atom stereocenters. The number of anilines is 1. The lowest BCUT2D eigenvalue weighted by molar-refractivity contribution is 0.145. The molecule has 2 N–H and O–H groups in total. The van der Waals surface area contributed by atoms with Gasteiger partial charge >= 0.3 is 0 Å². The average molecular weight is 288 g/mol. The Kier molecular flexibility index (Phi) is 4.41. The van der Waals surface area contributed by atoms with Crippen LogP contribution in [-0.4, -0.2) is 40.2 Å². The van der Waals surface area contributed by atoms with Gasteiger partial charge in [0.05, 0.1) is 11.8 Å². The van der Waals surface area contributed by atoms with E-state index in [9.17, 15) is 5.11 Å². The highest BCUT2D eigenvalue weighted by atomic mass is 16.3. The molecule has 0 bridgehead atoms. The van der Waals surface area contributed by atoms with Crippen LogP contribution < -0.4 is 10.2 Å². The molecule has 1 aliphatic rings. The minimum Gasteiger partial charge on any atom is -0.393 e. The Balaban J connectivity index is 1.90. The van der Waals surface area contributed by atoms with E-state index < -0.39 is 0 Å². The molecular formula is C16H24N4O. The van der Waals surface area contributed by atoms with Crippen LogP contribution in [0.15, 0.2) is 24.4 Å². The summed E-state index contributed by atoms with van der Waals surface area (Å²) < 4.78 is 2.17. The van der Waals surface area contributed by atoms with Gasteiger partial charge in [0.1, 0.15) is 5.65 Å². The van der Waals surface area contributed by atoms with Crippen molar-refractivity contribution < 1.29 is 5.11 Å². The smallest absolute Gasteiger partial charge is 0.152 e. The van der Waals surface area contributed by atoms with Crippen LogP contribution in [0.1, 0.15) is 31.9 Å². The minimum absolute atomic E-state index is 0.153. The van der Waals surface area contributed by atoms with Gasteiger partial charge in [-0.3, -0.25) is 0 Å². The van der Waals surface area contributed by atoms with Crippen molar-refractivity contribution in [2.45, 2.75) is 38.8 Å². The summed E-state index contributed by atoms with van der Waals surface area (Å²) in [5, 5.41) is 13.2. The summed E-state index contributed by atoms with van der Waals surface area (Å²) in [4.78, 5) is 7.12. The topological polar surface area (TPSA) is 52.8 Å². The third-order valence-electron chi connectivity index (χ3n) is 4.09. The van der Waals surface area contributed by atoms with Gasteiger partial charge in [-0.05, 0) is 37.9 Å². The van der Waals surface area contributed by atoms with Crippen LogP contribution in [0.4, 0.5) is 5.82 Å². The van der Waals surface area contributed by atoms with Gasteiger partial charge in [0.2, 0.25) is 0 Å². The molecule has 0 unspecified atom stereocenters. The zero-order valence-electron chi connectivity index (χ0n) is 12.6. The number of rotatable bonds is 5. The van der Waals surface area contributed by atoms with E-state index in [0.29, 0.717) is 0 Å². The number of aromatic nitrogens is 2. The van der Waals surface area contributed by atoms with Gasteiger partial charge in [-0.15, -0.1) is 0 Å². The molecule has 114 valence electrons. The first-order valence-electron chi connectivity index (χ1n) is 7.89. The largest absolute Gasteiger partial charge is 0.393 e. The molecule has 5 nitrogen and oxygen atoms in total. The average Bonchev–Trinajstić information content (AvgIpc) is 2.87. The normalized spacial score (nSPS) is 16.8. The van der Waals surface area contributed by atoms with E-state index in [4.69, 9.17) is 4.98 Å². The molecule has 5 heteroatoms. The molecule has 3 rings (SSSR count). The van der Waals surface area contributed by atoms with Gasteiger partial charge < -0.3 is 19.7 Å². The maximum Gasteiger partial charge on any atom is 0.152 e. The predicted octanol–water partition coefficient (Wildman–Crippen LogP) is 1.79. The quantitative estimate of drug-likeness (QED) is 0.824. The number of nitrogens with one attached hydrogen (secondary N) is 1. The number of nitrogens with zero attached hydrogens (tertiary/aromatic N) is 3. The second kappa shape index (κ2) is 6.45. The molecule has 3 heterocycles. The summed E-state index contributed by atoms with van der Waals surface area (Å²) in [6.45, 7) is 5.78. The van der Waals surface area contributed by atoms with Crippen LogP contribution in [0.2, 0.25) is 0 Å². The van der Waals surface area contributed by atoms with Crippen LogP contribution in [0.25, 0.3) is 5.65 Å². The number of piperidine rings is 1. The summed E-state index contributed by atoms with van der Waals surface area (Å²) in [6.07, 6.45) is 4.71. The lowest BCUT2D eigenvalue weighted by Gasteiger charge is -2.30. The molecule has 21 heavy (non-hydrogen) atoms. The predicted molar refractivity (Wildman–Crippen MR) is 84.6 cm³/mol. The van der Waals surface area contributed by atoms with Crippen LogP contribution in [-0.2, 0) is 6.54 Å². The first-order chi connectivity index (χ1) is 10.3. The van der Waals surface area contributed by atoms with Gasteiger partial charge in [0.25, 0.3) is 0 Å². The molecule has 1 fully saturated rings. The molecular weight excluding hydrogens is 264 g/mol. The molecule has 0 spiro atoms. The molecule has 0 amide bonds. The van der Waals surface area contributed by atoms with Crippen molar-refractivity contribution in [3.8, 4) is 0 Å². The van der Waals surface area contributed by atoms with Crippen molar-refractivity contribution >= 4 is 11.5 Å². The number of aliphatic hydroxyl groups is 1. The Morgan fingerprint density at radius 2 is 2.14 bits per heavy atom. The fraction of sp³-hybridized carbons (Fsp3) is 0.562. The molecule has 1 aliphatic heterocycles. The van der Waals surface area contributed by atoms with Gasteiger partial charge in [0, 0.05) is 25.8 Å². The van der Waals surface area contributed by atoms with Gasteiger partial charge in [-0.25, -0.2) is 4.98 Å². The molecule has 0 aliphatic carbocycles. The highest BCUT2D eigenvalue weighted by molar-refractivity contribution is 5.56. The fourth-order valence-corrected chi connectivity index (χ4v) is 2.91. The maximum atomic E-state index is 9.69. The maximum absolute atomic E-state index is 9.69. The lowest BCUT2D eigenvalue weighted by atomic mass is 10.1. The van der Waals surface area contributed by atoms with E-state index in [1.807, 2.05) is 18.2 Å². The van der Waals surface area contributed by atoms with E-state index in [1.165, 1.54) is 5.69 Å². The molecule has 2 aromatic rings. The summed E-state index contributed by atoms with van der Waals surface area (Å²) in [5.74, 6) is 1.07. The van der Waals surface area contributed by atoms with Crippen LogP contribution in [0.3, 0.4) is 0 Å². The van der Waals surface area contributed by atoms with Crippen molar-refractivity contribution in [1.82, 2.24) is 14.7 Å². The zero-order chi connectivity index (χ0) is 14.7. The number of fused-ring (bicyclic) bond motifs is 1. The Morgan fingerprint density at radius 3 is 2.90 bits per heavy atom. The van der Waals surface area contributed by atoms with Crippen molar-refractivity contribution in [3.63, 3.8) is 0 Å². The first-order valence-corrected chi connectivity index (χ1v) is 7.89. The van der Waals surface area contributed by atoms with E-state index >= 15 is 0 Å². The van der Waals surface area contributed by atoms with E-state index in [1.54, 1.807) is 0 Å². The van der Waals surface area contributed by atoms with Crippen LogP contribution in [0, 0.1) is 0 Å². The summed E-state index contributed by atoms with van der Waals surface area (Å²) in [7, 11) is 0. The Morgan fingerprint density at radius 1 is 1.33 bits per heavy atom. The van der Waals surface area contributed by atoms with Crippen molar-refractivity contribution in [2.75, 3.05) is 24.5 Å². The molecule has 0 aromatic carbocycles. The fourth-order valence-electron chi connectivity index (χ4n) is 2.91. The number of aliphatic hydroxyl groups excluding tert-OH is 1. The third kappa shape index (κ3) is 3.04. The summed E-state index contributed by atoms with van der Waals surface area (Å²) in [6, 6.07) is 6.11. The SMILES string of the molecule is CCCNCc1c(N2CCC(O)CC2)nc2ccccn12. The first kappa shape index (κ1) is 14.4. The Labute approximate surface area is 125 Å². The Bertz CT molecular complexity index is 587. The molecule has 2 aromatic heterocycles. The second-order valence-electron chi connectivity index (χ2n) is 5.71. The van der Waals surface area contributed by atoms with E-state index in [0.717, 1.165) is 56.9 Å². The number of hydrogen-bond donors (Lipinski definition) is 2. The summed E-state index contributed by atoms with van der Waals surface area (Å²) in [5.41, 5.74) is 2.21. The van der Waals surface area contributed by atoms with Gasteiger partial charge in [-0.1, -0.05) is 13.0 Å². The van der Waals surface area contributed by atoms with Crippen LogP contribution in [0.5, 0.6) is 0 Å². The lowest BCUT2D eigenvalue weighted by Crippen LogP contribution is -2.36. The Hall–Kier alpha value is -1.59. The molecule has 0 radical (unpaired) electrons. The van der Waals surface area contributed by atoms with E-state index in [-0.39, 0.29) is 6.10 Å². The van der Waals surface area contributed by atoms with Crippen molar-refractivity contribution in [1.29, 1.82) is 0 Å². The number of imidazole rings is 1. The summed E-state index contributed by atoms with van der Waals surface area (Å²) >= 11 is 0. The van der Waals surface area contributed by atoms with Gasteiger partial charge in [0.15, 0.2) is 5.82 Å². The minimum atomic E-state index is -0.153. The highest BCUT2D eigenvalue weighted by Crippen LogP contribution is 2.25. The highest BCUT2D eigenvalue weighted by Gasteiger charge is 2.22. The van der Waals surface area contributed by atoms with Gasteiger partial charge in [-0.2, -0.15) is 0 Å². The van der Waals surface area contributed by atoms with Crippen molar-refractivity contribution in [2.24, 2.45) is 0 Å². The molecule has 1 saturated heterocycles. The third-order valence-corrected chi connectivity index (χ3v) is 4.09. The number of pyridine rings is 1. The number of hydrogen-bond acceptors (Lipinski definition) is 4.